The first-order valence-corrected chi connectivity index (χ1v) is 6.80. The molecule has 0 spiro atoms. The number of nitrogens with one attached hydrogen (secondary N) is 2. The van der Waals surface area contributed by atoms with E-state index in [2.05, 4.69) is 38.3 Å². The SMILES string of the molecule is CC(NC(C)C(C)C)c1ccc2c(c1)NC(=O)CO2. The normalized spacial score (nSPS) is 17.4. The molecule has 104 valence electrons. The molecule has 0 radical (unpaired) electrons. The Morgan fingerprint density at radius 3 is 2.68 bits per heavy atom. The van der Waals surface area contributed by atoms with Gasteiger partial charge in [0.15, 0.2) is 6.61 Å². The molecule has 0 saturated heterocycles. The average molecular weight is 262 g/mol. The van der Waals surface area contributed by atoms with Gasteiger partial charge in [0.05, 0.1) is 5.69 Å². The molecule has 0 aromatic heterocycles. The average Bonchev–Trinajstić information content (AvgIpc) is 2.37. The van der Waals surface area contributed by atoms with Crippen molar-refractivity contribution in [3.05, 3.63) is 23.8 Å². The molecule has 0 aliphatic carbocycles. The van der Waals surface area contributed by atoms with E-state index < -0.39 is 0 Å². The fourth-order valence-electron chi connectivity index (χ4n) is 2.05. The highest BCUT2D eigenvalue weighted by Crippen LogP contribution is 2.30. The van der Waals surface area contributed by atoms with Crippen molar-refractivity contribution in [3.8, 4) is 5.75 Å². The van der Waals surface area contributed by atoms with Crippen molar-refractivity contribution in [2.24, 2.45) is 5.92 Å². The molecule has 2 N–H and O–H groups in total. The van der Waals surface area contributed by atoms with Crippen molar-refractivity contribution in [3.63, 3.8) is 0 Å². The maximum absolute atomic E-state index is 11.3. The summed E-state index contributed by atoms with van der Waals surface area (Å²) in [5.74, 6) is 1.23. The number of fused-ring (bicyclic) bond motifs is 1. The summed E-state index contributed by atoms with van der Waals surface area (Å²) in [7, 11) is 0. The van der Waals surface area contributed by atoms with Crippen molar-refractivity contribution in [2.75, 3.05) is 11.9 Å². The van der Waals surface area contributed by atoms with Gasteiger partial charge in [0.2, 0.25) is 0 Å². The number of carbonyl (C=O) groups is 1. The minimum absolute atomic E-state index is 0.0965. The highest BCUT2D eigenvalue weighted by atomic mass is 16.5. The van der Waals surface area contributed by atoms with Crippen LogP contribution in [0.2, 0.25) is 0 Å². The number of rotatable bonds is 4. The zero-order valence-corrected chi connectivity index (χ0v) is 12.0. The lowest BCUT2D eigenvalue weighted by atomic mass is 10.0. The molecular weight excluding hydrogens is 240 g/mol. The quantitative estimate of drug-likeness (QED) is 0.877. The fourth-order valence-corrected chi connectivity index (χ4v) is 2.05. The van der Waals surface area contributed by atoms with Gasteiger partial charge in [-0.2, -0.15) is 0 Å². The second-order valence-electron chi connectivity index (χ2n) is 5.51. The van der Waals surface area contributed by atoms with Gasteiger partial charge in [-0.1, -0.05) is 19.9 Å². The van der Waals surface area contributed by atoms with Crippen LogP contribution in [0.4, 0.5) is 5.69 Å². The van der Waals surface area contributed by atoms with Crippen LogP contribution >= 0.6 is 0 Å². The summed E-state index contributed by atoms with van der Waals surface area (Å²) >= 11 is 0. The molecule has 0 saturated carbocycles. The van der Waals surface area contributed by atoms with E-state index in [-0.39, 0.29) is 18.6 Å². The van der Waals surface area contributed by atoms with Gasteiger partial charge in [-0.25, -0.2) is 0 Å². The van der Waals surface area contributed by atoms with Crippen molar-refractivity contribution >= 4 is 11.6 Å². The molecule has 2 atom stereocenters. The van der Waals surface area contributed by atoms with E-state index in [1.807, 2.05) is 18.2 Å². The highest BCUT2D eigenvalue weighted by molar-refractivity contribution is 5.95. The molecule has 1 aliphatic heterocycles. The minimum atomic E-state index is -0.0965. The third kappa shape index (κ3) is 3.26. The Morgan fingerprint density at radius 1 is 1.26 bits per heavy atom. The van der Waals surface area contributed by atoms with E-state index in [1.54, 1.807) is 0 Å². The van der Waals surface area contributed by atoms with E-state index in [0.717, 1.165) is 17.0 Å². The first-order chi connectivity index (χ1) is 8.97. The molecule has 4 heteroatoms. The first kappa shape index (κ1) is 13.9. The summed E-state index contributed by atoms with van der Waals surface area (Å²) < 4.78 is 5.36. The number of benzene rings is 1. The van der Waals surface area contributed by atoms with E-state index in [0.29, 0.717) is 12.0 Å². The van der Waals surface area contributed by atoms with Crippen LogP contribution in [-0.2, 0) is 4.79 Å². The molecule has 1 aromatic carbocycles. The van der Waals surface area contributed by atoms with Crippen molar-refractivity contribution in [1.82, 2.24) is 5.32 Å². The lowest BCUT2D eigenvalue weighted by molar-refractivity contribution is -0.118. The van der Waals surface area contributed by atoms with E-state index in [1.165, 1.54) is 0 Å². The summed E-state index contributed by atoms with van der Waals surface area (Å²) in [6.45, 7) is 8.82. The maximum Gasteiger partial charge on any atom is 0.262 e. The minimum Gasteiger partial charge on any atom is -0.482 e. The van der Waals surface area contributed by atoms with Crippen LogP contribution in [0.5, 0.6) is 5.75 Å². The largest absolute Gasteiger partial charge is 0.482 e. The van der Waals surface area contributed by atoms with Crippen LogP contribution in [-0.4, -0.2) is 18.6 Å². The van der Waals surface area contributed by atoms with Crippen molar-refractivity contribution in [2.45, 2.75) is 39.8 Å². The number of carbonyl (C=O) groups excluding carboxylic acids is 1. The van der Waals surface area contributed by atoms with Crippen molar-refractivity contribution < 1.29 is 9.53 Å². The predicted molar refractivity (Wildman–Crippen MR) is 76.4 cm³/mol. The molecule has 2 unspecified atom stereocenters. The second kappa shape index (κ2) is 5.61. The summed E-state index contributed by atoms with van der Waals surface area (Å²) in [6, 6.07) is 6.62. The summed E-state index contributed by atoms with van der Waals surface area (Å²) in [5, 5.41) is 6.40. The predicted octanol–water partition coefficient (Wildman–Crippen LogP) is 2.71. The van der Waals surface area contributed by atoms with Gasteiger partial charge in [0.1, 0.15) is 5.75 Å². The second-order valence-corrected chi connectivity index (χ2v) is 5.51. The number of hydrogen-bond donors (Lipinski definition) is 2. The molecule has 1 aromatic rings. The number of anilines is 1. The smallest absolute Gasteiger partial charge is 0.262 e. The fraction of sp³-hybridized carbons (Fsp3) is 0.533. The molecule has 1 amide bonds. The van der Waals surface area contributed by atoms with E-state index >= 15 is 0 Å². The van der Waals surface area contributed by atoms with Gasteiger partial charge in [-0.05, 0) is 37.5 Å². The van der Waals surface area contributed by atoms with Crippen LogP contribution in [0.25, 0.3) is 0 Å². The Balaban J connectivity index is 2.13. The van der Waals surface area contributed by atoms with Crippen LogP contribution in [0.15, 0.2) is 18.2 Å². The van der Waals surface area contributed by atoms with Gasteiger partial charge in [-0.3, -0.25) is 4.79 Å². The zero-order valence-electron chi connectivity index (χ0n) is 12.0. The molecule has 1 aliphatic rings. The zero-order chi connectivity index (χ0) is 14.0. The summed E-state index contributed by atoms with van der Waals surface area (Å²) in [4.78, 5) is 11.3. The van der Waals surface area contributed by atoms with Crippen molar-refractivity contribution in [1.29, 1.82) is 0 Å². The number of ether oxygens (including phenoxy) is 1. The third-order valence-electron chi connectivity index (χ3n) is 3.65. The lowest BCUT2D eigenvalue weighted by Crippen LogP contribution is -2.33. The number of amides is 1. The van der Waals surface area contributed by atoms with Crippen LogP contribution in [0, 0.1) is 5.92 Å². The Hall–Kier alpha value is -1.55. The molecule has 1 heterocycles. The molecule has 0 fully saturated rings. The van der Waals surface area contributed by atoms with Gasteiger partial charge in [-0.15, -0.1) is 0 Å². The monoisotopic (exact) mass is 262 g/mol. The maximum atomic E-state index is 11.3. The topological polar surface area (TPSA) is 50.4 Å². The Bertz CT molecular complexity index is 471. The van der Waals surface area contributed by atoms with Gasteiger partial charge in [0, 0.05) is 12.1 Å². The van der Waals surface area contributed by atoms with Gasteiger partial charge in [0.25, 0.3) is 5.91 Å². The molecular formula is C15H22N2O2. The standard InChI is InChI=1S/C15H22N2O2/c1-9(2)10(3)16-11(4)12-5-6-14-13(7-12)17-15(18)8-19-14/h5-7,9-11,16H,8H2,1-4H3,(H,17,18). The Morgan fingerprint density at radius 2 is 2.00 bits per heavy atom. The lowest BCUT2D eigenvalue weighted by Gasteiger charge is -2.25. The molecule has 0 bridgehead atoms. The molecule has 2 rings (SSSR count). The third-order valence-corrected chi connectivity index (χ3v) is 3.65. The summed E-state index contributed by atoms with van der Waals surface area (Å²) in [5.41, 5.74) is 1.91. The first-order valence-electron chi connectivity index (χ1n) is 6.80. The Labute approximate surface area is 114 Å². The van der Waals surface area contributed by atoms with Crippen LogP contribution < -0.4 is 15.4 Å². The van der Waals surface area contributed by atoms with E-state index in [9.17, 15) is 4.79 Å². The van der Waals surface area contributed by atoms with Crippen LogP contribution in [0.1, 0.15) is 39.3 Å². The van der Waals surface area contributed by atoms with Gasteiger partial charge < -0.3 is 15.4 Å². The van der Waals surface area contributed by atoms with E-state index in [4.69, 9.17) is 4.74 Å². The molecule has 19 heavy (non-hydrogen) atoms. The summed E-state index contributed by atoms with van der Waals surface area (Å²) in [6.07, 6.45) is 0. The highest BCUT2D eigenvalue weighted by Gasteiger charge is 2.18. The van der Waals surface area contributed by atoms with Crippen LogP contribution in [0.3, 0.4) is 0 Å². The molecule has 4 nitrogen and oxygen atoms in total. The van der Waals surface area contributed by atoms with Gasteiger partial charge >= 0.3 is 0 Å². The number of hydrogen-bond acceptors (Lipinski definition) is 3. The Kier molecular flexibility index (Phi) is 4.10.